The second-order valence-electron chi connectivity index (χ2n) is 5.31. The fourth-order valence-corrected chi connectivity index (χ4v) is 2.71. The minimum atomic E-state index is 0.317. The lowest BCUT2D eigenvalue weighted by Gasteiger charge is -2.32. The van der Waals surface area contributed by atoms with Gasteiger partial charge in [0.15, 0.2) is 0 Å². The lowest BCUT2D eigenvalue weighted by atomic mass is 9.73. The van der Waals surface area contributed by atoms with Crippen LogP contribution >= 0.6 is 11.6 Å². The van der Waals surface area contributed by atoms with Gasteiger partial charge in [0.05, 0.1) is 0 Å². The highest BCUT2D eigenvalue weighted by Gasteiger charge is 2.53. The van der Waals surface area contributed by atoms with Crippen LogP contribution in [0.1, 0.15) is 39.2 Å². The van der Waals surface area contributed by atoms with Crippen LogP contribution in [0, 0.1) is 5.41 Å². The van der Waals surface area contributed by atoms with Crippen molar-refractivity contribution in [1.82, 2.24) is 0 Å². The number of halogens is 1. The van der Waals surface area contributed by atoms with Crippen molar-refractivity contribution in [1.29, 1.82) is 0 Å². The van der Waals surface area contributed by atoms with E-state index < -0.39 is 0 Å². The highest BCUT2D eigenvalue weighted by atomic mass is 35.5. The monoisotopic (exact) mass is 208 g/mol. The van der Waals surface area contributed by atoms with Crippen molar-refractivity contribution >= 4 is 11.6 Å². The molecule has 0 nitrogen and oxygen atoms in total. The molecule has 0 aliphatic heterocycles. The van der Waals surface area contributed by atoms with Crippen LogP contribution in [-0.2, 0) is 5.41 Å². The van der Waals surface area contributed by atoms with Gasteiger partial charge >= 0.3 is 0 Å². The van der Waals surface area contributed by atoms with E-state index in [9.17, 15) is 0 Å². The first kappa shape index (κ1) is 10.0. The van der Waals surface area contributed by atoms with E-state index >= 15 is 0 Å². The van der Waals surface area contributed by atoms with Gasteiger partial charge in [0.2, 0.25) is 0 Å². The first-order valence-corrected chi connectivity index (χ1v) is 5.60. The second kappa shape index (κ2) is 3.00. The lowest BCUT2D eigenvalue weighted by Crippen LogP contribution is -2.26. The molecule has 1 aromatic rings. The minimum absolute atomic E-state index is 0.317. The van der Waals surface area contributed by atoms with Crippen LogP contribution in [0.15, 0.2) is 24.3 Å². The molecule has 0 heterocycles. The zero-order valence-corrected chi connectivity index (χ0v) is 9.86. The van der Waals surface area contributed by atoms with Crippen LogP contribution in [0.4, 0.5) is 0 Å². The van der Waals surface area contributed by atoms with Crippen LogP contribution in [-0.4, -0.2) is 0 Å². The average Bonchev–Trinajstić information content (AvgIpc) is 2.84. The molecule has 0 spiro atoms. The summed E-state index contributed by atoms with van der Waals surface area (Å²) >= 11 is 6.25. The normalized spacial score (nSPS) is 19.4. The molecule has 0 unspecified atom stereocenters. The van der Waals surface area contributed by atoms with E-state index in [0.717, 1.165) is 5.02 Å². The van der Waals surface area contributed by atoms with Gasteiger partial charge in [0.1, 0.15) is 0 Å². The number of hydrogen-bond acceptors (Lipinski definition) is 0. The molecule has 0 radical (unpaired) electrons. The molecule has 0 bridgehead atoms. The predicted octanol–water partition coefficient (Wildman–Crippen LogP) is 4.42. The fraction of sp³-hybridized carbons (Fsp3) is 0.538. The summed E-state index contributed by atoms with van der Waals surface area (Å²) in [5.74, 6) is 0. The third-order valence-corrected chi connectivity index (χ3v) is 3.90. The third-order valence-electron chi connectivity index (χ3n) is 3.58. The van der Waals surface area contributed by atoms with E-state index in [2.05, 4.69) is 32.9 Å². The molecule has 1 aromatic carbocycles. The molecule has 1 aliphatic carbocycles. The summed E-state index contributed by atoms with van der Waals surface area (Å²) in [4.78, 5) is 0. The Morgan fingerprint density at radius 3 is 2.14 bits per heavy atom. The molecule has 0 N–H and O–H groups in total. The summed E-state index contributed by atoms with van der Waals surface area (Å²) in [6, 6.07) is 8.28. The van der Waals surface area contributed by atoms with E-state index in [1.54, 1.807) is 0 Å². The molecule has 0 aromatic heterocycles. The van der Waals surface area contributed by atoms with Crippen LogP contribution in [0.3, 0.4) is 0 Å². The van der Waals surface area contributed by atoms with Gasteiger partial charge in [0, 0.05) is 10.4 Å². The first-order chi connectivity index (χ1) is 6.47. The van der Waals surface area contributed by atoms with Crippen molar-refractivity contribution in [3.8, 4) is 0 Å². The van der Waals surface area contributed by atoms with Gasteiger partial charge < -0.3 is 0 Å². The van der Waals surface area contributed by atoms with E-state index in [1.807, 2.05) is 12.1 Å². The predicted molar refractivity (Wildman–Crippen MR) is 61.8 cm³/mol. The Labute approximate surface area is 91.3 Å². The zero-order chi connectivity index (χ0) is 10.4. The van der Waals surface area contributed by atoms with Crippen molar-refractivity contribution in [2.24, 2.45) is 5.41 Å². The molecule has 14 heavy (non-hydrogen) atoms. The Morgan fingerprint density at radius 2 is 1.71 bits per heavy atom. The number of benzene rings is 1. The molecule has 1 saturated carbocycles. The Morgan fingerprint density at radius 1 is 1.14 bits per heavy atom. The second-order valence-corrected chi connectivity index (χ2v) is 5.72. The maximum absolute atomic E-state index is 6.25. The highest BCUT2D eigenvalue weighted by molar-refractivity contribution is 6.31. The van der Waals surface area contributed by atoms with Gasteiger partial charge in [-0.05, 0) is 29.9 Å². The maximum atomic E-state index is 6.25. The van der Waals surface area contributed by atoms with Gasteiger partial charge in [-0.2, -0.15) is 0 Å². The Hall–Kier alpha value is -0.490. The molecule has 2 rings (SSSR count). The number of rotatable bonds is 1. The van der Waals surface area contributed by atoms with Crippen LogP contribution in [0.2, 0.25) is 5.02 Å². The van der Waals surface area contributed by atoms with Crippen LogP contribution in [0.25, 0.3) is 0 Å². The van der Waals surface area contributed by atoms with E-state index in [0.29, 0.717) is 10.8 Å². The van der Waals surface area contributed by atoms with Crippen LogP contribution in [0.5, 0.6) is 0 Å². The maximum Gasteiger partial charge on any atom is 0.0443 e. The quantitative estimate of drug-likeness (QED) is 0.641. The van der Waals surface area contributed by atoms with Crippen molar-refractivity contribution in [3.63, 3.8) is 0 Å². The summed E-state index contributed by atoms with van der Waals surface area (Å²) in [7, 11) is 0. The molecular formula is C13H17Cl. The molecule has 76 valence electrons. The molecule has 1 heteroatoms. The molecule has 1 fully saturated rings. The van der Waals surface area contributed by atoms with Gasteiger partial charge in [0.25, 0.3) is 0 Å². The van der Waals surface area contributed by atoms with Crippen molar-refractivity contribution < 1.29 is 0 Å². The Bertz CT molecular complexity index is 342. The molecule has 0 saturated heterocycles. The fourth-order valence-electron chi connectivity index (χ4n) is 2.40. The molecule has 1 aliphatic rings. The van der Waals surface area contributed by atoms with E-state index in [1.165, 1.54) is 18.4 Å². The van der Waals surface area contributed by atoms with Gasteiger partial charge in [-0.1, -0.05) is 50.6 Å². The SMILES string of the molecule is CC(C)(C)C1(c2ccccc2Cl)CC1. The third kappa shape index (κ3) is 1.37. The lowest BCUT2D eigenvalue weighted by molar-refractivity contribution is 0.299. The highest BCUT2D eigenvalue weighted by Crippen LogP contribution is 2.60. The average molecular weight is 209 g/mol. The van der Waals surface area contributed by atoms with E-state index in [-0.39, 0.29) is 0 Å². The Balaban J connectivity index is 2.46. The molecule has 0 atom stereocenters. The van der Waals surface area contributed by atoms with Crippen molar-refractivity contribution in [2.75, 3.05) is 0 Å². The van der Waals surface area contributed by atoms with E-state index in [4.69, 9.17) is 11.6 Å². The smallest absolute Gasteiger partial charge is 0.0443 e. The van der Waals surface area contributed by atoms with Crippen molar-refractivity contribution in [3.05, 3.63) is 34.9 Å². The summed E-state index contributed by atoms with van der Waals surface area (Å²) < 4.78 is 0. The minimum Gasteiger partial charge on any atom is -0.0840 e. The topological polar surface area (TPSA) is 0 Å². The number of hydrogen-bond donors (Lipinski definition) is 0. The Kier molecular flexibility index (Phi) is 2.15. The van der Waals surface area contributed by atoms with Crippen molar-refractivity contribution in [2.45, 2.75) is 39.0 Å². The van der Waals surface area contributed by atoms with Crippen LogP contribution < -0.4 is 0 Å². The summed E-state index contributed by atoms with van der Waals surface area (Å²) in [5, 5.41) is 0.930. The summed E-state index contributed by atoms with van der Waals surface area (Å²) in [6.07, 6.45) is 2.56. The standard InChI is InChI=1S/C13H17Cl/c1-12(2,3)13(8-9-13)10-6-4-5-7-11(10)14/h4-7H,8-9H2,1-3H3. The molecular weight excluding hydrogens is 192 g/mol. The first-order valence-electron chi connectivity index (χ1n) is 5.22. The molecule has 0 amide bonds. The summed E-state index contributed by atoms with van der Waals surface area (Å²) in [5.41, 5.74) is 2.00. The van der Waals surface area contributed by atoms with Gasteiger partial charge in [-0.15, -0.1) is 0 Å². The summed E-state index contributed by atoms with van der Waals surface area (Å²) in [6.45, 7) is 6.93. The zero-order valence-electron chi connectivity index (χ0n) is 9.10. The van der Waals surface area contributed by atoms with Gasteiger partial charge in [-0.3, -0.25) is 0 Å². The largest absolute Gasteiger partial charge is 0.0840 e. The van der Waals surface area contributed by atoms with Gasteiger partial charge in [-0.25, -0.2) is 0 Å².